The van der Waals surface area contributed by atoms with Gasteiger partial charge >= 0.3 is 0 Å². The van der Waals surface area contributed by atoms with E-state index in [1.807, 2.05) is 6.92 Å². The molecule has 4 nitrogen and oxygen atoms in total. The Morgan fingerprint density at radius 1 is 1.90 bits per heavy atom. The van der Waals surface area contributed by atoms with Crippen molar-refractivity contribution in [1.82, 2.24) is 5.27 Å². The van der Waals surface area contributed by atoms with E-state index in [0.29, 0.717) is 6.04 Å². The van der Waals surface area contributed by atoms with Crippen LogP contribution in [0.3, 0.4) is 0 Å². The molecule has 0 saturated heterocycles. The van der Waals surface area contributed by atoms with Gasteiger partial charge in [0.1, 0.15) is 5.88 Å². The fraction of sp³-hybridized carbons (Fsp3) is 0.667. The molecule has 4 heteroatoms. The predicted molar refractivity (Wildman–Crippen MR) is 35.7 cm³/mol. The van der Waals surface area contributed by atoms with Gasteiger partial charge in [0, 0.05) is 13.3 Å². The molecule has 0 spiro atoms. The topological polar surface area (TPSA) is 53.7 Å². The number of rotatable bonds is 2. The van der Waals surface area contributed by atoms with Crippen molar-refractivity contribution in [2.24, 2.45) is 0 Å². The number of aromatic nitrogens is 2. The third kappa shape index (κ3) is 1.26. The van der Waals surface area contributed by atoms with Gasteiger partial charge in [-0.2, -0.15) is 0 Å². The van der Waals surface area contributed by atoms with Gasteiger partial charge in [-0.05, 0) is 0 Å². The van der Waals surface area contributed by atoms with Crippen molar-refractivity contribution in [2.45, 2.75) is 26.3 Å². The molecule has 0 aliphatic carbocycles. The zero-order valence-electron chi connectivity index (χ0n) is 6.16. The van der Waals surface area contributed by atoms with Crippen LogP contribution in [0.25, 0.3) is 5.73 Å². The highest BCUT2D eigenvalue weighted by atomic mass is 16.5. The van der Waals surface area contributed by atoms with Crippen LogP contribution < -0.4 is 4.68 Å². The third-order valence-electron chi connectivity index (χ3n) is 1.53. The van der Waals surface area contributed by atoms with Crippen molar-refractivity contribution in [3.8, 4) is 0 Å². The molecule has 1 rings (SSSR count). The smallest absolute Gasteiger partial charge is 0.222 e. The van der Waals surface area contributed by atoms with E-state index >= 15 is 0 Å². The summed E-state index contributed by atoms with van der Waals surface area (Å²) in [5, 5.41) is 3.64. The molecular weight excluding hydrogens is 130 g/mol. The molecular formula is C6H11N3O. The van der Waals surface area contributed by atoms with Crippen LogP contribution >= 0.6 is 0 Å². The Balaban J connectivity index is 2.74. The number of nitrogens with one attached hydrogen (secondary N) is 1. The van der Waals surface area contributed by atoms with Gasteiger partial charge in [0.2, 0.25) is 6.20 Å². The Hall–Kier alpha value is -1.06. The first-order chi connectivity index (χ1) is 4.74. The maximum atomic E-state index is 7.03. The molecule has 1 heterocycles. The van der Waals surface area contributed by atoms with Gasteiger partial charge in [-0.3, -0.25) is 0 Å². The zero-order valence-corrected chi connectivity index (χ0v) is 6.16. The summed E-state index contributed by atoms with van der Waals surface area (Å²) in [6.07, 6.45) is 2.57. The quantitative estimate of drug-likeness (QED) is 0.587. The molecule has 0 bridgehead atoms. The molecule has 0 aromatic carbocycles. The van der Waals surface area contributed by atoms with E-state index in [1.165, 1.54) is 0 Å². The van der Waals surface area contributed by atoms with Gasteiger partial charge < -0.3 is 10.3 Å². The molecule has 0 amide bonds. The van der Waals surface area contributed by atoms with E-state index in [4.69, 9.17) is 5.73 Å². The van der Waals surface area contributed by atoms with E-state index in [2.05, 4.69) is 16.7 Å². The van der Waals surface area contributed by atoms with E-state index < -0.39 is 0 Å². The summed E-state index contributed by atoms with van der Waals surface area (Å²) in [6, 6.07) is 0.322. The monoisotopic (exact) mass is 141 g/mol. The second-order valence-corrected chi connectivity index (χ2v) is 2.30. The second kappa shape index (κ2) is 2.68. The molecule has 0 radical (unpaired) electrons. The number of nitrogens with zero attached hydrogens (tertiary/aromatic N) is 2. The Labute approximate surface area is 59.6 Å². The zero-order chi connectivity index (χ0) is 7.56. The molecule has 0 saturated carbocycles. The first-order valence-electron chi connectivity index (χ1n) is 3.33. The molecule has 1 N–H and O–H groups in total. The first-order valence-corrected chi connectivity index (χ1v) is 3.33. The van der Waals surface area contributed by atoms with Crippen LogP contribution in [0.15, 0.2) is 10.7 Å². The molecule has 0 aliphatic rings. The molecule has 1 unspecified atom stereocenters. The SMILES string of the molecule is CCC(C)[n+]1cc([NH-])on1. The largest absolute Gasteiger partial charge is 0.660 e. The van der Waals surface area contributed by atoms with Gasteiger partial charge in [0.15, 0.2) is 11.3 Å². The average Bonchev–Trinajstić information content (AvgIpc) is 2.34. The molecule has 1 aromatic heterocycles. The summed E-state index contributed by atoms with van der Waals surface area (Å²) in [7, 11) is 0. The lowest BCUT2D eigenvalue weighted by Gasteiger charge is -1.92. The molecule has 56 valence electrons. The van der Waals surface area contributed by atoms with Gasteiger partial charge in [0.05, 0.1) is 0 Å². The van der Waals surface area contributed by atoms with Crippen LogP contribution in [-0.2, 0) is 0 Å². The van der Waals surface area contributed by atoms with E-state index in [0.717, 1.165) is 6.42 Å². The minimum Gasteiger partial charge on any atom is -0.660 e. The minimum absolute atomic E-state index is 0.111. The Morgan fingerprint density at radius 2 is 2.60 bits per heavy atom. The van der Waals surface area contributed by atoms with Crippen LogP contribution in [0.5, 0.6) is 0 Å². The van der Waals surface area contributed by atoms with Crippen molar-refractivity contribution in [1.29, 1.82) is 0 Å². The highest BCUT2D eigenvalue weighted by molar-refractivity contribution is 5.19. The summed E-state index contributed by atoms with van der Waals surface area (Å²) in [4.78, 5) is 0. The molecule has 1 aromatic rings. The lowest BCUT2D eigenvalue weighted by atomic mass is 10.3. The van der Waals surface area contributed by atoms with Crippen LogP contribution in [0.4, 0.5) is 5.88 Å². The highest BCUT2D eigenvalue weighted by Crippen LogP contribution is 2.05. The van der Waals surface area contributed by atoms with E-state index in [1.54, 1.807) is 10.9 Å². The van der Waals surface area contributed by atoms with E-state index in [9.17, 15) is 0 Å². The van der Waals surface area contributed by atoms with Crippen molar-refractivity contribution in [3.63, 3.8) is 0 Å². The Bertz CT molecular complexity index is 209. The summed E-state index contributed by atoms with van der Waals surface area (Å²) < 4.78 is 6.22. The molecule has 0 fully saturated rings. The molecule has 1 atom stereocenters. The maximum Gasteiger partial charge on any atom is 0.222 e. The van der Waals surface area contributed by atoms with Crippen molar-refractivity contribution >= 4 is 5.88 Å². The van der Waals surface area contributed by atoms with Gasteiger partial charge in [-0.15, -0.1) is 0 Å². The normalized spacial score (nSPS) is 13.4. The van der Waals surface area contributed by atoms with Gasteiger partial charge in [-0.1, -0.05) is 11.6 Å². The van der Waals surface area contributed by atoms with E-state index in [-0.39, 0.29) is 5.88 Å². The van der Waals surface area contributed by atoms with Crippen molar-refractivity contribution in [3.05, 3.63) is 11.9 Å². The fourth-order valence-electron chi connectivity index (χ4n) is 0.653. The Morgan fingerprint density at radius 3 is 3.00 bits per heavy atom. The first kappa shape index (κ1) is 7.05. The molecule has 0 aliphatic heterocycles. The standard InChI is InChI=1S/C6H11N3O/c1-3-5(2)9-4-6(7)10-8-9/h4-5,7H,3H2,1-2H3. The van der Waals surface area contributed by atoms with Gasteiger partial charge in [0.25, 0.3) is 0 Å². The predicted octanol–water partition coefficient (Wildman–Crippen LogP) is 1.62. The van der Waals surface area contributed by atoms with Gasteiger partial charge in [-0.25, -0.2) is 0 Å². The van der Waals surface area contributed by atoms with Crippen molar-refractivity contribution < 1.29 is 9.20 Å². The fourth-order valence-corrected chi connectivity index (χ4v) is 0.653. The van der Waals surface area contributed by atoms with Crippen LogP contribution in [0.2, 0.25) is 0 Å². The number of hydrogen-bond acceptors (Lipinski definition) is 2. The second-order valence-electron chi connectivity index (χ2n) is 2.30. The van der Waals surface area contributed by atoms with Crippen LogP contribution in [0.1, 0.15) is 26.3 Å². The van der Waals surface area contributed by atoms with Crippen LogP contribution in [0, 0.1) is 0 Å². The Kier molecular flexibility index (Phi) is 1.89. The maximum absolute atomic E-state index is 7.03. The number of hydrogen-bond donors (Lipinski definition) is 0. The summed E-state index contributed by atoms with van der Waals surface area (Å²) in [5.74, 6) is 0.111. The van der Waals surface area contributed by atoms with Crippen molar-refractivity contribution in [2.75, 3.05) is 0 Å². The third-order valence-corrected chi connectivity index (χ3v) is 1.53. The summed E-state index contributed by atoms with van der Waals surface area (Å²) in [6.45, 7) is 4.10. The lowest BCUT2D eigenvalue weighted by Crippen LogP contribution is -2.38. The summed E-state index contributed by atoms with van der Waals surface area (Å²) in [5.41, 5.74) is 7.03. The summed E-state index contributed by atoms with van der Waals surface area (Å²) >= 11 is 0. The lowest BCUT2D eigenvalue weighted by molar-refractivity contribution is -0.782. The van der Waals surface area contributed by atoms with Crippen LogP contribution in [-0.4, -0.2) is 5.27 Å². The highest BCUT2D eigenvalue weighted by Gasteiger charge is 2.12. The molecule has 10 heavy (non-hydrogen) atoms. The average molecular weight is 141 g/mol. The minimum atomic E-state index is 0.111.